The molecule has 0 aliphatic carbocycles. The molecule has 0 unspecified atom stereocenters. The van der Waals surface area contributed by atoms with Crippen LogP contribution in [0.1, 0.15) is 61.2 Å². The van der Waals surface area contributed by atoms with E-state index in [1.54, 1.807) is 54.0 Å². The first-order valence-electron chi connectivity index (χ1n) is 29.5. The molecule has 3 nitrogen and oxygen atoms in total. The highest BCUT2D eigenvalue weighted by Crippen LogP contribution is 2.49. The van der Waals surface area contributed by atoms with Gasteiger partial charge >= 0.3 is 30.9 Å². The van der Waals surface area contributed by atoms with Gasteiger partial charge in [-0.15, -0.1) is 0 Å². The minimum atomic E-state index is -5.23. The summed E-state index contributed by atoms with van der Waals surface area (Å²) in [5, 5.41) is 13.0. The largest absolute Gasteiger partial charge is 0.417 e. The van der Waals surface area contributed by atoms with Gasteiger partial charge in [0.25, 0.3) is 0 Å². The highest BCUT2D eigenvalue weighted by atomic mass is 19.4. The van der Waals surface area contributed by atoms with Gasteiger partial charge in [0.2, 0.25) is 0 Å². The van der Waals surface area contributed by atoms with E-state index in [1.807, 2.05) is 54.8 Å². The van der Waals surface area contributed by atoms with Gasteiger partial charge in [0.05, 0.1) is 72.9 Å². The molecule has 13 rings (SSSR count). The zero-order valence-corrected chi connectivity index (χ0v) is 50.6. The average Bonchev–Trinajstić information content (AvgIpc) is 1.60. The fraction of sp³-hybridized carbons (Fsp3) is 0.130. The van der Waals surface area contributed by atoms with Crippen molar-refractivity contribution in [1.82, 2.24) is 9.13 Å². The first-order valence-corrected chi connectivity index (χ1v) is 29.5. The average molecular weight is 1300 g/mol. The number of rotatable bonds is 8. The summed E-state index contributed by atoms with van der Waals surface area (Å²) in [5.41, 5.74) is 0.817. The van der Waals surface area contributed by atoms with Crippen molar-refractivity contribution in [3.63, 3.8) is 0 Å². The summed E-state index contributed by atoms with van der Waals surface area (Å²) in [7, 11) is 0. The third-order valence-corrected chi connectivity index (χ3v) is 17.2. The van der Waals surface area contributed by atoms with E-state index in [1.165, 1.54) is 86.6 Å². The first kappa shape index (κ1) is 63.2. The third kappa shape index (κ3) is 11.7. The van der Waals surface area contributed by atoms with Crippen LogP contribution in [0.2, 0.25) is 0 Å². The van der Waals surface area contributed by atoms with E-state index in [-0.39, 0.29) is 94.8 Å². The Morgan fingerprint density at radius 2 is 0.653 bits per heavy atom. The van der Waals surface area contributed by atoms with Crippen LogP contribution in [0.25, 0.3) is 122 Å². The van der Waals surface area contributed by atoms with Crippen molar-refractivity contribution >= 4 is 43.6 Å². The van der Waals surface area contributed by atoms with Crippen LogP contribution in [-0.4, -0.2) is 9.13 Å². The predicted molar refractivity (Wildman–Crippen MR) is 341 cm³/mol. The van der Waals surface area contributed by atoms with Gasteiger partial charge in [-0.05, 0) is 223 Å². The van der Waals surface area contributed by atoms with Gasteiger partial charge in [0.15, 0.2) is 0 Å². The summed E-state index contributed by atoms with van der Waals surface area (Å²) < 4.78 is 223. The van der Waals surface area contributed by atoms with E-state index in [2.05, 4.69) is 6.07 Å². The van der Waals surface area contributed by atoms with E-state index in [0.717, 1.165) is 52.6 Å². The summed E-state index contributed by atoms with van der Waals surface area (Å²) >= 11 is 0. The van der Waals surface area contributed by atoms with Gasteiger partial charge in [-0.25, -0.2) is 0 Å². The number of alkyl halides is 15. The van der Waals surface area contributed by atoms with Crippen molar-refractivity contribution in [2.75, 3.05) is 0 Å². The zero-order valence-electron chi connectivity index (χ0n) is 50.6. The number of halogens is 15. The summed E-state index contributed by atoms with van der Waals surface area (Å²) in [4.78, 5) is 0. The minimum absolute atomic E-state index is 0.00552. The van der Waals surface area contributed by atoms with Gasteiger partial charge in [-0.2, -0.15) is 71.1 Å². The number of hydrogen-bond acceptors (Lipinski definition) is 1. The standard InChI is InChI=1S/C77H48F15N3/c1-40-9-15-59(65(28-40)77(90,91)92)49-14-20-70(94-66-16-11-46(52-24-43(4)26-55(29-52)73(78,79)80)34-60(66)61-36-48(13-17-67(61)94)54-31-57(75(84,85)86)38-58(32-54)76(87,88)89)64(37-49)72-50(39-93)7-6-8-71(72)95-68-18-10-45(51-22-41(2)21-42(3)23-51)33-62(68)63-35-47(12-19-69(63)95)53-25-44(5)27-56(30-53)74(81,82)83/h6-38H,1-5H3. The Kier molecular flexibility index (Phi) is 15.0. The quantitative estimate of drug-likeness (QED) is 0.140. The maximum absolute atomic E-state index is 15.4. The van der Waals surface area contributed by atoms with Crippen LogP contribution in [0.15, 0.2) is 200 Å². The third-order valence-electron chi connectivity index (χ3n) is 17.2. The molecule has 11 aromatic carbocycles. The van der Waals surface area contributed by atoms with Crippen molar-refractivity contribution in [2.24, 2.45) is 0 Å². The second kappa shape index (κ2) is 22.6. The molecular formula is C77H48F15N3. The Morgan fingerprint density at radius 3 is 1.05 bits per heavy atom. The Hall–Kier alpha value is -10.5. The summed E-state index contributed by atoms with van der Waals surface area (Å²) in [6.07, 6.45) is -24.8. The molecule has 0 saturated heterocycles. The molecule has 0 atom stereocenters. The molecular weight excluding hydrogens is 1250 g/mol. The molecule has 476 valence electrons. The molecule has 0 aliphatic heterocycles. The zero-order chi connectivity index (χ0) is 67.7. The van der Waals surface area contributed by atoms with Gasteiger partial charge < -0.3 is 9.13 Å². The molecule has 0 spiro atoms. The highest BCUT2D eigenvalue weighted by Gasteiger charge is 2.39. The molecule has 95 heavy (non-hydrogen) atoms. The molecule has 13 aromatic rings. The number of benzene rings is 11. The number of fused-ring (bicyclic) bond motifs is 6. The van der Waals surface area contributed by atoms with Gasteiger partial charge in [0.1, 0.15) is 0 Å². The molecule has 18 heteroatoms. The normalized spacial score (nSPS) is 12.6. The topological polar surface area (TPSA) is 33.6 Å². The van der Waals surface area contributed by atoms with Gasteiger partial charge in [-0.3, -0.25) is 0 Å². The fourth-order valence-corrected chi connectivity index (χ4v) is 13.1. The van der Waals surface area contributed by atoms with E-state index in [9.17, 15) is 57.9 Å². The number of aromatic nitrogens is 2. The fourth-order valence-electron chi connectivity index (χ4n) is 13.1. The second-order valence-corrected chi connectivity index (χ2v) is 24.0. The van der Waals surface area contributed by atoms with E-state index >= 15 is 13.2 Å². The summed E-state index contributed by atoms with van der Waals surface area (Å²) in [5.74, 6) is 0. The SMILES string of the molecule is Cc1cc(C)cc(-c2ccc3c(c2)c2cc(-c4cc(C)cc(C(F)(F)F)c4)ccc2n3-c2cccc(C#N)c2-c2cc(-c3ccc(C)cc3C(F)(F)F)ccc2-n2c3ccc(-c4cc(C)cc(C(F)(F)F)c4)cc3c3cc(-c4cc(C(F)(F)F)cc(C(F)(F)F)c4)ccc32)c1. The molecule has 0 bridgehead atoms. The van der Waals surface area contributed by atoms with Crippen molar-refractivity contribution in [3.8, 4) is 84.2 Å². The van der Waals surface area contributed by atoms with E-state index in [4.69, 9.17) is 0 Å². The summed E-state index contributed by atoms with van der Waals surface area (Å²) in [6, 6.07) is 49.2. The number of nitriles is 1. The van der Waals surface area contributed by atoms with Crippen molar-refractivity contribution in [2.45, 2.75) is 65.5 Å². The first-order chi connectivity index (χ1) is 44.7. The van der Waals surface area contributed by atoms with E-state index in [0.29, 0.717) is 50.8 Å². The predicted octanol–water partition coefficient (Wildman–Crippen LogP) is 24.4. The number of nitrogens with zero attached hydrogens (tertiary/aromatic N) is 3. The number of aryl methyl sites for hydroxylation is 5. The maximum Gasteiger partial charge on any atom is 0.417 e. The van der Waals surface area contributed by atoms with Crippen molar-refractivity contribution in [3.05, 3.63) is 261 Å². The molecule has 0 saturated carbocycles. The van der Waals surface area contributed by atoms with E-state index < -0.39 is 64.3 Å². The van der Waals surface area contributed by atoms with Crippen LogP contribution in [0.5, 0.6) is 0 Å². The summed E-state index contributed by atoms with van der Waals surface area (Å²) in [6.45, 7) is 8.42. The van der Waals surface area contributed by atoms with Crippen LogP contribution in [0.3, 0.4) is 0 Å². The van der Waals surface area contributed by atoms with Gasteiger partial charge in [-0.1, -0.05) is 95.6 Å². The van der Waals surface area contributed by atoms with Crippen molar-refractivity contribution < 1.29 is 65.9 Å². The molecule has 0 aliphatic rings. The van der Waals surface area contributed by atoms with Crippen LogP contribution >= 0.6 is 0 Å². The monoisotopic (exact) mass is 1300 g/mol. The van der Waals surface area contributed by atoms with Crippen molar-refractivity contribution in [1.29, 1.82) is 5.26 Å². The molecule has 2 aromatic heterocycles. The lowest BCUT2D eigenvalue weighted by molar-refractivity contribution is -0.143. The Labute approximate surface area is 532 Å². The molecule has 0 radical (unpaired) electrons. The highest BCUT2D eigenvalue weighted by molar-refractivity contribution is 6.14. The molecule has 2 heterocycles. The Bertz CT molecular complexity index is 5320. The van der Waals surface area contributed by atoms with Crippen LogP contribution in [-0.2, 0) is 30.9 Å². The van der Waals surface area contributed by atoms with Crippen LogP contribution in [0, 0.1) is 45.9 Å². The van der Waals surface area contributed by atoms with Crippen LogP contribution < -0.4 is 0 Å². The molecule has 0 N–H and O–H groups in total. The Balaban J connectivity index is 1.14. The lowest BCUT2D eigenvalue weighted by atomic mass is 9.90. The van der Waals surface area contributed by atoms with Gasteiger partial charge in [0, 0.05) is 32.7 Å². The maximum atomic E-state index is 15.4. The number of hydrogen-bond donors (Lipinski definition) is 0. The minimum Gasteiger partial charge on any atom is -0.309 e. The molecule has 0 fully saturated rings. The second-order valence-electron chi connectivity index (χ2n) is 24.0. The lowest BCUT2D eigenvalue weighted by Crippen LogP contribution is -2.11. The smallest absolute Gasteiger partial charge is 0.309 e. The lowest BCUT2D eigenvalue weighted by Gasteiger charge is -2.22. The van der Waals surface area contributed by atoms with Crippen LogP contribution in [0.4, 0.5) is 65.9 Å². The molecule has 0 amide bonds. The Morgan fingerprint density at radius 1 is 0.284 bits per heavy atom.